The zero-order valence-electron chi connectivity index (χ0n) is 12.3. The number of rotatable bonds is 4. The number of alkyl halides is 3. The summed E-state index contributed by atoms with van der Waals surface area (Å²) in [6, 6.07) is -0.691. The first kappa shape index (κ1) is 18.2. The number of hydrogen-bond donors (Lipinski definition) is 0. The van der Waals surface area contributed by atoms with Crippen LogP contribution in [0.3, 0.4) is 0 Å². The highest BCUT2D eigenvalue weighted by Crippen LogP contribution is 2.28. The van der Waals surface area contributed by atoms with Crippen molar-refractivity contribution in [1.29, 1.82) is 0 Å². The van der Waals surface area contributed by atoms with Gasteiger partial charge in [0.05, 0.1) is 12.5 Å². The van der Waals surface area contributed by atoms with Crippen LogP contribution in [0.25, 0.3) is 0 Å². The maximum atomic E-state index is 12.6. The third-order valence-electron chi connectivity index (χ3n) is 3.58. The Balaban J connectivity index is 2.08. The molecule has 1 aromatic heterocycles. The molecule has 11 heteroatoms. The van der Waals surface area contributed by atoms with Gasteiger partial charge in [-0.2, -0.15) is 17.5 Å². The zero-order valence-corrected chi connectivity index (χ0v) is 13.9. The predicted octanol–water partition coefficient (Wildman–Crippen LogP) is 1.92. The number of nitrogens with zero attached hydrogens (tertiary/aromatic N) is 4. The third kappa shape index (κ3) is 4.92. The maximum absolute atomic E-state index is 12.6. The van der Waals surface area contributed by atoms with Crippen LogP contribution in [0.1, 0.15) is 12.8 Å². The van der Waals surface area contributed by atoms with Crippen molar-refractivity contribution < 1.29 is 21.6 Å². The van der Waals surface area contributed by atoms with Gasteiger partial charge in [0.15, 0.2) is 5.82 Å². The van der Waals surface area contributed by atoms with Gasteiger partial charge in [-0.25, -0.2) is 18.4 Å². The van der Waals surface area contributed by atoms with Crippen LogP contribution in [0, 0.1) is 0 Å². The lowest BCUT2D eigenvalue weighted by atomic mass is 10.1. The van der Waals surface area contributed by atoms with Gasteiger partial charge in [0, 0.05) is 19.1 Å². The van der Waals surface area contributed by atoms with Crippen LogP contribution in [0.2, 0.25) is 5.02 Å². The van der Waals surface area contributed by atoms with Crippen molar-refractivity contribution in [2.45, 2.75) is 25.1 Å². The Labute approximate surface area is 137 Å². The molecule has 1 aliphatic heterocycles. The van der Waals surface area contributed by atoms with Gasteiger partial charge in [-0.05, 0) is 12.8 Å². The topological polar surface area (TPSA) is 66.4 Å². The Morgan fingerprint density at radius 3 is 2.48 bits per heavy atom. The average molecular weight is 373 g/mol. The first-order chi connectivity index (χ1) is 10.6. The Hall–Kier alpha value is -1.13. The summed E-state index contributed by atoms with van der Waals surface area (Å²) >= 11 is 5.99. The lowest BCUT2D eigenvalue weighted by Crippen LogP contribution is -2.50. The molecule has 0 saturated carbocycles. The largest absolute Gasteiger partial charge is 0.402 e. The van der Waals surface area contributed by atoms with Gasteiger partial charge in [0.1, 0.15) is 17.9 Å². The van der Waals surface area contributed by atoms with E-state index in [1.54, 1.807) is 0 Å². The number of anilines is 1. The minimum absolute atomic E-state index is 0.267. The van der Waals surface area contributed by atoms with Crippen molar-refractivity contribution in [2.24, 2.45) is 0 Å². The van der Waals surface area contributed by atoms with E-state index in [2.05, 4.69) is 9.97 Å². The standard InChI is InChI=1S/C12H16ClF3N4O2S/c1-23(21,22)20(7-12(14,15)16)9-2-4-19(5-3-9)11-10(13)6-17-8-18-11/h6,8-9H,2-5,7H2,1H3. The second kappa shape index (κ2) is 6.78. The molecule has 0 radical (unpaired) electrons. The molecule has 6 nitrogen and oxygen atoms in total. The van der Waals surface area contributed by atoms with Gasteiger partial charge >= 0.3 is 6.18 Å². The predicted molar refractivity (Wildman–Crippen MR) is 79.9 cm³/mol. The summed E-state index contributed by atoms with van der Waals surface area (Å²) in [6.45, 7) is -0.735. The second-order valence-electron chi connectivity index (χ2n) is 5.34. The van der Waals surface area contributed by atoms with E-state index >= 15 is 0 Å². The molecular formula is C12H16ClF3N4O2S. The first-order valence-electron chi connectivity index (χ1n) is 6.82. The van der Waals surface area contributed by atoms with Crippen molar-refractivity contribution in [3.8, 4) is 0 Å². The molecular weight excluding hydrogens is 357 g/mol. The number of halogens is 4. The monoisotopic (exact) mass is 372 g/mol. The van der Waals surface area contributed by atoms with E-state index in [0.717, 1.165) is 6.26 Å². The summed E-state index contributed by atoms with van der Waals surface area (Å²) < 4.78 is 61.8. The van der Waals surface area contributed by atoms with Crippen LogP contribution in [0.15, 0.2) is 12.5 Å². The molecule has 1 aromatic rings. The quantitative estimate of drug-likeness (QED) is 0.808. The van der Waals surface area contributed by atoms with E-state index < -0.39 is 28.8 Å². The minimum Gasteiger partial charge on any atom is -0.355 e. The SMILES string of the molecule is CS(=O)(=O)N(CC(F)(F)F)C1CCN(c2ncncc2Cl)CC1. The Bertz CT molecular complexity index is 648. The number of aromatic nitrogens is 2. The zero-order chi connectivity index (χ0) is 17.3. The van der Waals surface area contributed by atoms with E-state index in [4.69, 9.17) is 11.6 Å². The molecule has 1 saturated heterocycles. The molecule has 0 spiro atoms. The van der Waals surface area contributed by atoms with Gasteiger partial charge in [-0.15, -0.1) is 0 Å². The summed E-state index contributed by atoms with van der Waals surface area (Å²) in [5.74, 6) is 0.502. The summed E-state index contributed by atoms with van der Waals surface area (Å²) in [7, 11) is -3.94. The molecule has 0 atom stereocenters. The van der Waals surface area contributed by atoms with Gasteiger partial charge < -0.3 is 4.90 Å². The van der Waals surface area contributed by atoms with Gasteiger partial charge in [-0.1, -0.05) is 11.6 Å². The highest BCUT2D eigenvalue weighted by atomic mass is 35.5. The van der Waals surface area contributed by atoms with Crippen molar-refractivity contribution in [1.82, 2.24) is 14.3 Å². The molecule has 1 aliphatic rings. The fourth-order valence-corrected chi connectivity index (χ4v) is 3.96. The molecule has 0 unspecified atom stereocenters. The molecule has 23 heavy (non-hydrogen) atoms. The molecule has 0 bridgehead atoms. The van der Waals surface area contributed by atoms with Gasteiger partial charge in [0.2, 0.25) is 10.0 Å². The summed E-state index contributed by atoms with van der Waals surface area (Å²) in [4.78, 5) is 9.64. The number of hydrogen-bond acceptors (Lipinski definition) is 5. The van der Waals surface area contributed by atoms with E-state index in [0.29, 0.717) is 28.2 Å². The summed E-state index contributed by atoms with van der Waals surface area (Å²) in [5.41, 5.74) is 0. The molecule has 2 heterocycles. The van der Waals surface area contributed by atoms with Crippen LogP contribution in [0.4, 0.5) is 19.0 Å². The van der Waals surface area contributed by atoms with E-state index in [9.17, 15) is 21.6 Å². The second-order valence-corrected chi connectivity index (χ2v) is 7.68. The number of piperidine rings is 1. The van der Waals surface area contributed by atoms with Crippen LogP contribution >= 0.6 is 11.6 Å². The molecule has 0 aromatic carbocycles. The molecule has 0 amide bonds. The van der Waals surface area contributed by atoms with Crippen molar-refractivity contribution >= 4 is 27.4 Å². The Morgan fingerprint density at radius 1 is 1.39 bits per heavy atom. The van der Waals surface area contributed by atoms with E-state index in [1.165, 1.54) is 12.5 Å². The van der Waals surface area contributed by atoms with Crippen molar-refractivity contribution in [2.75, 3.05) is 30.8 Å². The van der Waals surface area contributed by atoms with E-state index in [1.807, 2.05) is 4.90 Å². The molecule has 0 N–H and O–H groups in total. The fourth-order valence-electron chi connectivity index (χ4n) is 2.60. The Kier molecular flexibility index (Phi) is 5.37. The van der Waals surface area contributed by atoms with E-state index in [-0.39, 0.29) is 12.8 Å². The van der Waals surface area contributed by atoms with Crippen LogP contribution in [-0.2, 0) is 10.0 Å². The lowest BCUT2D eigenvalue weighted by Gasteiger charge is -2.38. The van der Waals surface area contributed by atoms with Crippen molar-refractivity contribution in [3.05, 3.63) is 17.5 Å². The normalized spacial score (nSPS) is 17.7. The van der Waals surface area contributed by atoms with Crippen LogP contribution < -0.4 is 4.90 Å². The Morgan fingerprint density at radius 2 is 2.00 bits per heavy atom. The first-order valence-corrected chi connectivity index (χ1v) is 9.04. The molecule has 130 valence electrons. The molecule has 0 aliphatic carbocycles. The smallest absolute Gasteiger partial charge is 0.355 e. The average Bonchev–Trinajstić information content (AvgIpc) is 2.44. The fraction of sp³-hybridized carbons (Fsp3) is 0.667. The lowest BCUT2D eigenvalue weighted by molar-refractivity contribution is -0.139. The molecule has 1 fully saturated rings. The highest BCUT2D eigenvalue weighted by molar-refractivity contribution is 7.88. The third-order valence-corrected chi connectivity index (χ3v) is 5.13. The maximum Gasteiger partial charge on any atom is 0.402 e. The molecule has 2 rings (SSSR count). The van der Waals surface area contributed by atoms with Gasteiger partial charge in [-0.3, -0.25) is 0 Å². The number of sulfonamides is 1. The summed E-state index contributed by atoms with van der Waals surface area (Å²) in [5, 5.41) is 0.348. The van der Waals surface area contributed by atoms with Gasteiger partial charge in [0.25, 0.3) is 0 Å². The highest BCUT2D eigenvalue weighted by Gasteiger charge is 2.39. The van der Waals surface area contributed by atoms with Crippen molar-refractivity contribution in [3.63, 3.8) is 0 Å². The summed E-state index contributed by atoms with van der Waals surface area (Å²) in [6.07, 6.45) is -0.474. The van der Waals surface area contributed by atoms with Crippen LogP contribution in [0.5, 0.6) is 0 Å². The minimum atomic E-state index is -4.57. The van der Waals surface area contributed by atoms with Crippen LogP contribution in [-0.4, -0.2) is 60.8 Å².